The monoisotopic (exact) mass is 378 g/mol. The highest BCUT2D eigenvalue weighted by atomic mass is 35.5. The number of Topliss-reactive ketones (excluding diaryl/α,β-unsaturated/α-hetero) is 1. The summed E-state index contributed by atoms with van der Waals surface area (Å²) in [4.78, 5) is 24.1. The summed E-state index contributed by atoms with van der Waals surface area (Å²) < 4.78 is 0. The summed E-state index contributed by atoms with van der Waals surface area (Å²) in [5.74, 6) is -0.0136. The van der Waals surface area contributed by atoms with E-state index in [2.05, 4.69) is 23.6 Å². The Labute approximate surface area is 163 Å². The number of rotatable bonds is 10. The zero-order valence-electron chi connectivity index (χ0n) is 15.7. The van der Waals surface area contributed by atoms with Gasteiger partial charge in [0.25, 0.3) is 0 Å². The molecule has 1 aliphatic rings. The van der Waals surface area contributed by atoms with Crippen LogP contribution in [-0.2, 0) is 11.2 Å². The van der Waals surface area contributed by atoms with Crippen molar-refractivity contribution < 1.29 is 9.59 Å². The topological polar surface area (TPSA) is 58.2 Å². The van der Waals surface area contributed by atoms with E-state index >= 15 is 0 Å². The van der Waals surface area contributed by atoms with Gasteiger partial charge in [-0.1, -0.05) is 55.7 Å². The highest BCUT2D eigenvalue weighted by molar-refractivity contribution is 5.98. The van der Waals surface area contributed by atoms with Crippen molar-refractivity contribution in [2.24, 2.45) is 0 Å². The number of halogens is 1. The quantitative estimate of drug-likeness (QED) is 0.369. The predicted octanol–water partition coefficient (Wildman–Crippen LogP) is 3.84. The van der Waals surface area contributed by atoms with Crippen molar-refractivity contribution in [2.45, 2.75) is 51.9 Å². The second-order valence-corrected chi connectivity index (χ2v) is 6.67. The number of nitrogens with one attached hydrogen (secondary N) is 2. The molecular formula is C21H31ClN2O2. The molecule has 1 aromatic rings. The Bertz CT molecular complexity index is 597. The number of unbranched alkanes of at least 4 members (excludes halogenated alkanes) is 2. The fourth-order valence-electron chi connectivity index (χ4n) is 2.94. The summed E-state index contributed by atoms with van der Waals surface area (Å²) in [5.41, 5.74) is 3.24. The van der Waals surface area contributed by atoms with Crippen molar-refractivity contribution in [3.8, 4) is 0 Å². The second kappa shape index (κ2) is 12.7. The van der Waals surface area contributed by atoms with Gasteiger partial charge in [0.2, 0.25) is 5.91 Å². The highest BCUT2D eigenvalue weighted by Gasteiger charge is 2.10. The lowest BCUT2D eigenvalue weighted by molar-refractivity contribution is -0.120. The molecule has 0 saturated heterocycles. The Balaban J connectivity index is 0.00000338. The molecule has 0 radical (unpaired) electrons. The molecule has 1 heterocycles. The molecule has 2 rings (SSSR count). The van der Waals surface area contributed by atoms with E-state index in [1.165, 1.54) is 30.4 Å². The van der Waals surface area contributed by atoms with Crippen molar-refractivity contribution in [3.63, 3.8) is 0 Å². The molecule has 0 aliphatic carbocycles. The fourth-order valence-corrected chi connectivity index (χ4v) is 2.94. The number of carbonyl (C=O) groups excluding carboxylic acids is 2. The van der Waals surface area contributed by atoms with Gasteiger partial charge in [0.1, 0.15) is 0 Å². The molecule has 144 valence electrons. The van der Waals surface area contributed by atoms with Gasteiger partial charge in [-0.2, -0.15) is 0 Å². The Hall–Kier alpha value is -1.65. The molecule has 0 fully saturated rings. The van der Waals surface area contributed by atoms with Crippen LogP contribution < -0.4 is 10.6 Å². The molecule has 4 nitrogen and oxygen atoms in total. The molecule has 0 spiro atoms. The third kappa shape index (κ3) is 8.15. The maximum Gasteiger partial charge on any atom is 0.220 e. The minimum absolute atomic E-state index is 0. The minimum atomic E-state index is -0.0519. The van der Waals surface area contributed by atoms with Crippen LogP contribution in [0.4, 0.5) is 0 Å². The first kappa shape index (κ1) is 22.4. The first-order chi connectivity index (χ1) is 12.2. The molecular weight excluding hydrogens is 348 g/mol. The zero-order valence-corrected chi connectivity index (χ0v) is 16.5. The summed E-state index contributed by atoms with van der Waals surface area (Å²) in [6.07, 6.45) is 8.33. The Morgan fingerprint density at radius 1 is 1.12 bits per heavy atom. The Kier molecular flexibility index (Phi) is 10.9. The third-order valence-corrected chi connectivity index (χ3v) is 4.59. The van der Waals surface area contributed by atoms with Gasteiger partial charge in [-0.25, -0.2) is 0 Å². The smallest absolute Gasteiger partial charge is 0.220 e. The van der Waals surface area contributed by atoms with E-state index in [1.807, 2.05) is 24.3 Å². The Morgan fingerprint density at radius 3 is 2.54 bits per heavy atom. The molecule has 1 aromatic carbocycles. The van der Waals surface area contributed by atoms with Crippen molar-refractivity contribution in [2.75, 3.05) is 19.6 Å². The Morgan fingerprint density at radius 2 is 1.88 bits per heavy atom. The van der Waals surface area contributed by atoms with Crippen LogP contribution in [0.25, 0.3) is 0 Å². The normalized spacial score (nSPS) is 13.5. The molecule has 5 heteroatoms. The molecule has 26 heavy (non-hydrogen) atoms. The number of ketones is 1. The summed E-state index contributed by atoms with van der Waals surface area (Å²) in [6, 6.07) is 7.85. The predicted molar refractivity (Wildman–Crippen MR) is 109 cm³/mol. The van der Waals surface area contributed by atoms with Crippen molar-refractivity contribution >= 4 is 24.1 Å². The van der Waals surface area contributed by atoms with Gasteiger partial charge in [0.05, 0.1) is 0 Å². The van der Waals surface area contributed by atoms with Gasteiger partial charge in [-0.05, 0) is 31.4 Å². The van der Waals surface area contributed by atoms with Gasteiger partial charge in [-0.15, -0.1) is 12.4 Å². The SMILES string of the molecule is CCCCCc1ccc(C(=O)CCC(=O)NCC2=CCNCC2)cc1.Cl. The van der Waals surface area contributed by atoms with E-state index in [-0.39, 0.29) is 36.9 Å². The number of hydrogen-bond donors (Lipinski definition) is 2. The second-order valence-electron chi connectivity index (χ2n) is 6.67. The lowest BCUT2D eigenvalue weighted by atomic mass is 10.0. The molecule has 2 N–H and O–H groups in total. The number of carbonyl (C=O) groups is 2. The summed E-state index contributed by atoms with van der Waals surface area (Å²) in [6.45, 7) is 4.63. The number of benzene rings is 1. The number of hydrogen-bond acceptors (Lipinski definition) is 3. The van der Waals surface area contributed by atoms with E-state index in [0.29, 0.717) is 12.1 Å². The van der Waals surface area contributed by atoms with Crippen molar-refractivity contribution in [1.82, 2.24) is 10.6 Å². The molecule has 0 aromatic heterocycles. The van der Waals surface area contributed by atoms with E-state index in [4.69, 9.17) is 0 Å². The van der Waals surface area contributed by atoms with Crippen LogP contribution in [0.3, 0.4) is 0 Å². The van der Waals surface area contributed by atoms with Crippen LogP contribution in [0.15, 0.2) is 35.9 Å². The van der Waals surface area contributed by atoms with E-state index in [9.17, 15) is 9.59 Å². The molecule has 0 unspecified atom stereocenters. The molecule has 0 saturated carbocycles. The molecule has 0 bridgehead atoms. The first-order valence-corrected chi connectivity index (χ1v) is 9.46. The fraction of sp³-hybridized carbons (Fsp3) is 0.524. The highest BCUT2D eigenvalue weighted by Crippen LogP contribution is 2.11. The average Bonchev–Trinajstić information content (AvgIpc) is 2.66. The van der Waals surface area contributed by atoms with Crippen LogP contribution in [0, 0.1) is 0 Å². The lowest BCUT2D eigenvalue weighted by Gasteiger charge is -2.14. The summed E-state index contributed by atoms with van der Waals surface area (Å²) >= 11 is 0. The minimum Gasteiger partial charge on any atom is -0.352 e. The standard InChI is InChI=1S/C21H30N2O2.ClH/c1-2-3-4-5-17-6-8-19(9-7-17)20(24)10-11-21(25)23-16-18-12-14-22-15-13-18;/h6-9,12,22H,2-5,10-11,13-16H2,1H3,(H,23,25);1H. The molecule has 0 atom stereocenters. The van der Waals surface area contributed by atoms with E-state index < -0.39 is 0 Å². The van der Waals surface area contributed by atoms with Crippen LogP contribution >= 0.6 is 12.4 Å². The van der Waals surface area contributed by atoms with Crippen LogP contribution in [0.2, 0.25) is 0 Å². The average molecular weight is 379 g/mol. The molecule has 1 aliphatic heterocycles. The van der Waals surface area contributed by atoms with Gasteiger partial charge in [0.15, 0.2) is 5.78 Å². The van der Waals surface area contributed by atoms with Crippen LogP contribution in [-0.4, -0.2) is 31.3 Å². The zero-order chi connectivity index (χ0) is 17.9. The van der Waals surface area contributed by atoms with Gasteiger partial charge < -0.3 is 10.6 Å². The van der Waals surface area contributed by atoms with Crippen LogP contribution in [0.1, 0.15) is 61.4 Å². The largest absolute Gasteiger partial charge is 0.352 e. The summed E-state index contributed by atoms with van der Waals surface area (Å²) in [5, 5.41) is 6.15. The molecule has 1 amide bonds. The number of aryl methyl sites for hydroxylation is 1. The number of amides is 1. The summed E-state index contributed by atoms with van der Waals surface area (Å²) in [7, 11) is 0. The maximum atomic E-state index is 12.2. The van der Waals surface area contributed by atoms with E-state index in [1.54, 1.807) is 0 Å². The van der Waals surface area contributed by atoms with Crippen molar-refractivity contribution in [1.29, 1.82) is 0 Å². The lowest BCUT2D eigenvalue weighted by Crippen LogP contribution is -2.29. The van der Waals surface area contributed by atoms with Gasteiger partial charge >= 0.3 is 0 Å². The van der Waals surface area contributed by atoms with Crippen LogP contribution in [0.5, 0.6) is 0 Å². The van der Waals surface area contributed by atoms with Gasteiger partial charge in [0, 0.05) is 31.5 Å². The van der Waals surface area contributed by atoms with Crippen molar-refractivity contribution in [3.05, 3.63) is 47.0 Å². The third-order valence-electron chi connectivity index (χ3n) is 4.59. The first-order valence-electron chi connectivity index (χ1n) is 9.46. The maximum absolute atomic E-state index is 12.2. The van der Waals surface area contributed by atoms with E-state index in [0.717, 1.165) is 25.9 Å². The van der Waals surface area contributed by atoms with Gasteiger partial charge in [-0.3, -0.25) is 9.59 Å².